The van der Waals surface area contributed by atoms with Gasteiger partial charge in [-0.3, -0.25) is 5.84 Å². The standard InChI is InChI=1S/C18H22N2O/c1-12-8-13(2)10-15(9-12)18(20-19)14-4-3-5-17(11-14)21-16-6-7-16/h3-5,8-11,16,18,20H,6-7,19H2,1-2H3. The van der Waals surface area contributed by atoms with Gasteiger partial charge in [-0.2, -0.15) is 0 Å². The molecule has 110 valence electrons. The van der Waals surface area contributed by atoms with Gasteiger partial charge < -0.3 is 4.74 Å². The van der Waals surface area contributed by atoms with E-state index in [0.29, 0.717) is 6.10 Å². The van der Waals surface area contributed by atoms with E-state index < -0.39 is 0 Å². The zero-order valence-electron chi connectivity index (χ0n) is 12.6. The van der Waals surface area contributed by atoms with Crippen LogP contribution in [0.3, 0.4) is 0 Å². The number of nitrogens with one attached hydrogen (secondary N) is 1. The fraction of sp³-hybridized carbons (Fsp3) is 0.333. The Morgan fingerprint density at radius 3 is 2.38 bits per heavy atom. The Morgan fingerprint density at radius 2 is 1.76 bits per heavy atom. The maximum absolute atomic E-state index is 5.88. The monoisotopic (exact) mass is 282 g/mol. The number of ether oxygens (including phenoxy) is 1. The molecule has 3 N–H and O–H groups in total. The molecule has 1 fully saturated rings. The maximum Gasteiger partial charge on any atom is 0.120 e. The van der Waals surface area contributed by atoms with Gasteiger partial charge in [-0.1, -0.05) is 41.5 Å². The van der Waals surface area contributed by atoms with Crippen molar-refractivity contribution in [2.75, 3.05) is 0 Å². The molecule has 0 aromatic heterocycles. The molecule has 1 atom stereocenters. The molecule has 3 rings (SSSR count). The first-order valence-corrected chi connectivity index (χ1v) is 7.46. The van der Waals surface area contributed by atoms with Gasteiger partial charge in [0.1, 0.15) is 5.75 Å². The van der Waals surface area contributed by atoms with E-state index in [2.05, 4.69) is 49.6 Å². The zero-order chi connectivity index (χ0) is 14.8. The van der Waals surface area contributed by atoms with Crippen molar-refractivity contribution in [3.05, 3.63) is 64.7 Å². The molecule has 1 aliphatic carbocycles. The molecule has 0 heterocycles. The summed E-state index contributed by atoms with van der Waals surface area (Å²) in [6.45, 7) is 4.22. The molecule has 1 saturated carbocycles. The fourth-order valence-electron chi connectivity index (χ4n) is 2.71. The van der Waals surface area contributed by atoms with Crippen molar-refractivity contribution >= 4 is 0 Å². The van der Waals surface area contributed by atoms with E-state index in [0.717, 1.165) is 11.3 Å². The van der Waals surface area contributed by atoms with Crippen molar-refractivity contribution in [2.24, 2.45) is 5.84 Å². The van der Waals surface area contributed by atoms with Crippen LogP contribution >= 0.6 is 0 Å². The summed E-state index contributed by atoms with van der Waals surface area (Å²) in [6.07, 6.45) is 2.74. The van der Waals surface area contributed by atoms with Crippen LogP contribution in [0.1, 0.15) is 41.1 Å². The van der Waals surface area contributed by atoms with Crippen LogP contribution in [0.2, 0.25) is 0 Å². The van der Waals surface area contributed by atoms with E-state index in [1.54, 1.807) is 0 Å². The van der Waals surface area contributed by atoms with Crippen LogP contribution in [0.4, 0.5) is 0 Å². The highest BCUT2D eigenvalue weighted by atomic mass is 16.5. The largest absolute Gasteiger partial charge is 0.490 e. The molecule has 0 aliphatic heterocycles. The molecule has 0 amide bonds. The molecule has 3 nitrogen and oxygen atoms in total. The molecule has 0 bridgehead atoms. The molecule has 21 heavy (non-hydrogen) atoms. The summed E-state index contributed by atoms with van der Waals surface area (Å²) in [5.41, 5.74) is 7.73. The normalized spacial score (nSPS) is 15.8. The maximum atomic E-state index is 5.88. The lowest BCUT2D eigenvalue weighted by Crippen LogP contribution is -2.29. The number of rotatable bonds is 5. The van der Waals surface area contributed by atoms with Crippen molar-refractivity contribution in [3.63, 3.8) is 0 Å². The second-order valence-corrected chi connectivity index (χ2v) is 5.91. The van der Waals surface area contributed by atoms with E-state index in [1.807, 2.05) is 12.1 Å². The second-order valence-electron chi connectivity index (χ2n) is 5.91. The van der Waals surface area contributed by atoms with Crippen molar-refractivity contribution in [2.45, 2.75) is 38.8 Å². The summed E-state index contributed by atoms with van der Waals surface area (Å²) < 4.78 is 5.88. The summed E-state index contributed by atoms with van der Waals surface area (Å²) in [5.74, 6) is 6.74. The van der Waals surface area contributed by atoms with Gasteiger partial charge in [0.15, 0.2) is 0 Å². The van der Waals surface area contributed by atoms with E-state index in [9.17, 15) is 0 Å². The lowest BCUT2D eigenvalue weighted by molar-refractivity contribution is 0.302. The van der Waals surface area contributed by atoms with E-state index >= 15 is 0 Å². The van der Waals surface area contributed by atoms with E-state index in [1.165, 1.54) is 29.5 Å². The number of nitrogens with two attached hydrogens (primary N) is 1. The van der Waals surface area contributed by atoms with Crippen molar-refractivity contribution in [1.82, 2.24) is 5.43 Å². The smallest absolute Gasteiger partial charge is 0.120 e. The molecule has 3 heteroatoms. The predicted octanol–water partition coefficient (Wildman–Crippen LogP) is 3.40. The highest BCUT2D eigenvalue weighted by Gasteiger charge is 2.24. The molecule has 0 saturated heterocycles. The molecule has 1 unspecified atom stereocenters. The third-order valence-corrected chi connectivity index (χ3v) is 3.76. The number of hydrazine groups is 1. The van der Waals surface area contributed by atoms with Crippen LogP contribution in [0, 0.1) is 13.8 Å². The number of aryl methyl sites for hydroxylation is 2. The summed E-state index contributed by atoms with van der Waals surface area (Å²) in [4.78, 5) is 0. The summed E-state index contributed by atoms with van der Waals surface area (Å²) >= 11 is 0. The fourth-order valence-corrected chi connectivity index (χ4v) is 2.71. The minimum atomic E-state index is -0.0219. The summed E-state index contributed by atoms with van der Waals surface area (Å²) in [7, 11) is 0. The van der Waals surface area contributed by atoms with Crippen molar-refractivity contribution < 1.29 is 4.74 Å². The number of hydrogen-bond donors (Lipinski definition) is 2. The molecule has 2 aromatic rings. The lowest BCUT2D eigenvalue weighted by Gasteiger charge is -2.19. The molecule has 0 spiro atoms. The van der Waals surface area contributed by atoms with Gasteiger partial charge in [0.2, 0.25) is 0 Å². The zero-order valence-corrected chi connectivity index (χ0v) is 12.6. The van der Waals surface area contributed by atoms with Gasteiger partial charge in [-0.25, -0.2) is 5.43 Å². The minimum absolute atomic E-state index is 0.0219. The highest BCUT2D eigenvalue weighted by molar-refractivity contribution is 5.39. The first kappa shape index (κ1) is 14.1. The summed E-state index contributed by atoms with van der Waals surface area (Å²) in [5, 5.41) is 0. The minimum Gasteiger partial charge on any atom is -0.490 e. The quantitative estimate of drug-likeness (QED) is 0.652. The van der Waals surface area contributed by atoms with Crippen molar-refractivity contribution in [3.8, 4) is 5.75 Å². The van der Waals surface area contributed by atoms with Gasteiger partial charge in [-0.05, 0) is 49.9 Å². The summed E-state index contributed by atoms with van der Waals surface area (Å²) in [6, 6.07) is 14.7. The van der Waals surface area contributed by atoms with Crippen LogP contribution in [-0.4, -0.2) is 6.10 Å². The van der Waals surface area contributed by atoms with Crippen LogP contribution in [0.5, 0.6) is 5.75 Å². The van der Waals surface area contributed by atoms with Gasteiger partial charge >= 0.3 is 0 Å². The molecule has 2 aromatic carbocycles. The van der Waals surface area contributed by atoms with Crippen LogP contribution < -0.4 is 16.0 Å². The Hall–Kier alpha value is -1.84. The van der Waals surface area contributed by atoms with E-state index in [4.69, 9.17) is 10.6 Å². The molecular formula is C18H22N2O. The Kier molecular flexibility index (Phi) is 3.95. The Labute approximate surface area is 126 Å². The first-order valence-electron chi connectivity index (χ1n) is 7.46. The van der Waals surface area contributed by atoms with Gasteiger partial charge in [-0.15, -0.1) is 0 Å². The number of benzene rings is 2. The lowest BCUT2D eigenvalue weighted by atomic mass is 9.96. The topological polar surface area (TPSA) is 47.3 Å². The first-order chi connectivity index (χ1) is 10.2. The highest BCUT2D eigenvalue weighted by Crippen LogP contribution is 2.30. The van der Waals surface area contributed by atoms with Crippen LogP contribution in [0.15, 0.2) is 42.5 Å². The average molecular weight is 282 g/mol. The Morgan fingerprint density at radius 1 is 1.05 bits per heavy atom. The van der Waals surface area contributed by atoms with Crippen LogP contribution in [0.25, 0.3) is 0 Å². The molecular weight excluding hydrogens is 260 g/mol. The molecule has 0 radical (unpaired) electrons. The van der Waals surface area contributed by atoms with Gasteiger partial charge in [0.25, 0.3) is 0 Å². The van der Waals surface area contributed by atoms with Gasteiger partial charge in [0.05, 0.1) is 12.1 Å². The third kappa shape index (κ3) is 3.43. The molecule has 1 aliphatic rings. The third-order valence-electron chi connectivity index (χ3n) is 3.76. The Bertz CT molecular complexity index is 615. The van der Waals surface area contributed by atoms with Crippen LogP contribution in [-0.2, 0) is 0 Å². The average Bonchev–Trinajstić information content (AvgIpc) is 3.23. The van der Waals surface area contributed by atoms with E-state index in [-0.39, 0.29) is 6.04 Å². The van der Waals surface area contributed by atoms with Crippen molar-refractivity contribution in [1.29, 1.82) is 0 Å². The van der Waals surface area contributed by atoms with Gasteiger partial charge in [0, 0.05) is 0 Å². The predicted molar refractivity (Wildman–Crippen MR) is 85.2 cm³/mol. The second kappa shape index (κ2) is 5.88. The number of hydrogen-bond acceptors (Lipinski definition) is 3. The SMILES string of the molecule is Cc1cc(C)cc(C(NN)c2cccc(OC3CC3)c2)c1. The Balaban J connectivity index is 1.91.